The van der Waals surface area contributed by atoms with E-state index in [0.717, 1.165) is 6.42 Å². The van der Waals surface area contributed by atoms with Gasteiger partial charge in [0.05, 0.1) is 6.54 Å². The molecule has 1 aliphatic rings. The number of hydrogen-bond donors (Lipinski definition) is 1. The van der Waals surface area contributed by atoms with Crippen molar-refractivity contribution in [3.05, 3.63) is 0 Å². The fourth-order valence-electron chi connectivity index (χ4n) is 1.65. The summed E-state index contributed by atoms with van der Waals surface area (Å²) < 4.78 is 0. The van der Waals surface area contributed by atoms with Crippen molar-refractivity contribution in [3.8, 4) is 0 Å². The highest BCUT2D eigenvalue weighted by atomic mass is 16.4. The van der Waals surface area contributed by atoms with E-state index in [1.54, 1.807) is 7.05 Å². The number of nitrogens with zero attached hydrogens (tertiary/aromatic N) is 2. The molecule has 1 rings (SSSR count). The zero-order valence-corrected chi connectivity index (χ0v) is 9.43. The molecule has 0 spiro atoms. The van der Waals surface area contributed by atoms with Crippen LogP contribution in [0.5, 0.6) is 0 Å². The maximum Gasteiger partial charge on any atom is 0.328 e. The fourth-order valence-corrected chi connectivity index (χ4v) is 1.65. The van der Waals surface area contributed by atoms with Crippen LogP contribution in [0.2, 0.25) is 0 Å². The molecule has 0 saturated carbocycles. The molecule has 0 bridgehead atoms. The maximum atomic E-state index is 11.6. The first kappa shape index (κ1) is 11.8. The van der Waals surface area contributed by atoms with Crippen molar-refractivity contribution in [1.82, 2.24) is 9.80 Å². The third kappa shape index (κ3) is 2.61. The summed E-state index contributed by atoms with van der Waals surface area (Å²) in [6, 6.07) is -0.857. The third-order valence-electron chi connectivity index (χ3n) is 2.63. The Morgan fingerprint density at radius 3 is 2.67 bits per heavy atom. The van der Waals surface area contributed by atoms with Crippen molar-refractivity contribution >= 4 is 12.0 Å². The molecule has 15 heavy (non-hydrogen) atoms. The summed E-state index contributed by atoms with van der Waals surface area (Å²) in [5.41, 5.74) is 0. The number of carbonyl (C=O) groups is 2. The van der Waals surface area contributed by atoms with Gasteiger partial charge in [0.15, 0.2) is 0 Å². The predicted molar refractivity (Wildman–Crippen MR) is 55.6 cm³/mol. The van der Waals surface area contributed by atoms with Crippen LogP contribution in [0.1, 0.15) is 20.3 Å². The molecule has 1 aliphatic heterocycles. The number of hydrogen-bond acceptors (Lipinski definition) is 2. The van der Waals surface area contributed by atoms with Crippen molar-refractivity contribution in [3.63, 3.8) is 0 Å². The Kier molecular flexibility index (Phi) is 3.55. The summed E-state index contributed by atoms with van der Waals surface area (Å²) in [5, 5.41) is 8.96. The molecule has 0 aliphatic carbocycles. The highest BCUT2D eigenvalue weighted by molar-refractivity contribution is 5.86. The standard InChI is InChI=1S/C10H18N2O3/c1-7(2)4-5-12-8(9(13)14)6-11(3)10(12)15/h7-8H,4-6H2,1-3H3,(H,13,14). The topological polar surface area (TPSA) is 60.9 Å². The number of aliphatic carboxylic acids is 1. The van der Waals surface area contributed by atoms with Crippen molar-refractivity contribution in [2.75, 3.05) is 20.1 Å². The minimum absolute atomic E-state index is 0.178. The van der Waals surface area contributed by atoms with Gasteiger partial charge in [0.25, 0.3) is 0 Å². The van der Waals surface area contributed by atoms with Crippen molar-refractivity contribution in [2.24, 2.45) is 5.92 Å². The van der Waals surface area contributed by atoms with Crippen LogP contribution >= 0.6 is 0 Å². The Bertz CT molecular complexity index is 265. The lowest BCUT2D eigenvalue weighted by atomic mass is 10.1. The molecule has 1 fully saturated rings. The average molecular weight is 214 g/mol. The van der Waals surface area contributed by atoms with Gasteiger partial charge >= 0.3 is 12.0 Å². The van der Waals surface area contributed by atoms with Gasteiger partial charge in [-0.3, -0.25) is 0 Å². The summed E-state index contributed by atoms with van der Waals surface area (Å²) in [7, 11) is 1.63. The molecular weight excluding hydrogens is 196 g/mol. The van der Waals surface area contributed by atoms with Gasteiger partial charge in [-0.15, -0.1) is 0 Å². The van der Waals surface area contributed by atoms with E-state index in [4.69, 9.17) is 5.11 Å². The van der Waals surface area contributed by atoms with Gasteiger partial charge in [-0.25, -0.2) is 9.59 Å². The molecule has 1 heterocycles. The number of urea groups is 1. The number of amides is 2. The van der Waals surface area contributed by atoms with Gasteiger partial charge in [-0.1, -0.05) is 13.8 Å². The normalized spacial score (nSPS) is 21.6. The maximum absolute atomic E-state index is 11.6. The third-order valence-corrected chi connectivity index (χ3v) is 2.63. The Morgan fingerprint density at radius 2 is 2.20 bits per heavy atom. The van der Waals surface area contributed by atoms with Gasteiger partial charge in [0, 0.05) is 13.6 Å². The highest BCUT2D eigenvalue weighted by Gasteiger charge is 2.39. The second-order valence-electron chi connectivity index (χ2n) is 4.39. The van der Waals surface area contributed by atoms with E-state index in [2.05, 4.69) is 13.8 Å². The lowest BCUT2D eigenvalue weighted by molar-refractivity contribution is -0.141. The molecule has 1 unspecified atom stereocenters. The second-order valence-corrected chi connectivity index (χ2v) is 4.39. The first-order valence-corrected chi connectivity index (χ1v) is 5.18. The lowest BCUT2D eigenvalue weighted by Gasteiger charge is -2.20. The van der Waals surface area contributed by atoms with Crippen LogP contribution in [0.4, 0.5) is 4.79 Å². The second kappa shape index (κ2) is 4.51. The SMILES string of the molecule is CC(C)CCN1C(=O)N(C)CC1C(=O)O. The number of likely N-dealkylation sites (N-methyl/N-ethyl adjacent to an activating group) is 1. The number of carboxylic acids is 1. The van der Waals surface area contributed by atoms with Gasteiger partial charge in [0.1, 0.15) is 6.04 Å². The van der Waals surface area contributed by atoms with E-state index >= 15 is 0 Å². The van der Waals surface area contributed by atoms with E-state index in [1.165, 1.54) is 9.80 Å². The molecule has 0 aromatic carbocycles. The molecular formula is C10H18N2O3. The smallest absolute Gasteiger partial charge is 0.328 e. The summed E-state index contributed by atoms with van der Waals surface area (Å²) in [6.45, 7) is 4.92. The van der Waals surface area contributed by atoms with Gasteiger partial charge < -0.3 is 14.9 Å². The first-order chi connectivity index (χ1) is 6.93. The zero-order valence-electron chi connectivity index (χ0n) is 9.43. The van der Waals surface area contributed by atoms with Crippen LogP contribution in [0, 0.1) is 5.92 Å². The highest BCUT2D eigenvalue weighted by Crippen LogP contribution is 2.16. The van der Waals surface area contributed by atoms with Crippen LogP contribution in [0.25, 0.3) is 0 Å². The molecule has 5 nitrogen and oxygen atoms in total. The Labute approximate surface area is 89.7 Å². The minimum atomic E-state index is -0.920. The quantitative estimate of drug-likeness (QED) is 0.754. The van der Waals surface area contributed by atoms with Crippen LogP contribution in [-0.2, 0) is 4.79 Å². The van der Waals surface area contributed by atoms with E-state index in [0.29, 0.717) is 12.5 Å². The van der Waals surface area contributed by atoms with Crippen LogP contribution in [0.3, 0.4) is 0 Å². The molecule has 2 amide bonds. The molecule has 1 atom stereocenters. The van der Waals surface area contributed by atoms with Crippen LogP contribution in [0.15, 0.2) is 0 Å². The molecule has 0 aromatic heterocycles. The molecule has 1 N–H and O–H groups in total. The Hall–Kier alpha value is -1.26. The predicted octanol–water partition coefficient (Wildman–Crippen LogP) is 0.853. The Morgan fingerprint density at radius 1 is 1.60 bits per heavy atom. The zero-order chi connectivity index (χ0) is 11.6. The van der Waals surface area contributed by atoms with Crippen LogP contribution < -0.4 is 0 Å². The van der Waals surface area contributed by atoms with E-state index < -0.39 is 12.0 Å². The van der Waals surface area contributed by atoms with Gasteiger partial charge in [0.2, 0.25) is 0 Å². The number of carboxylic acid groups (broad SMARTS) is 1. The lowest BCUT2D eigenvalue weighted by Crippen LogP contribution is -2.40. The van der Waals surface area contributed by atoms with Gasteiger partial charge in [-0.05, 0) is 12.3 Å². The fraction of sp³-hybridized carbons (Fsp3) is 0.800. The first-order valence-electron chi connectivity index (χ1n) is 5.18. The largest absolute Gasteiger partial charge is 0.480 e. The molecule has 0 aromatic rings. The van der Waals surface area contributed by atoms with Crippen LogP contribution in [-0.4, -0.2) is 53.1 Å². The van der Waals surface area contributed by atoms with E-state index in [1.807, 2.05) is 0 Å². The molecule has 1 saturated heterocycles. The van der Waals surface area contributed by atoms with Crippen molar-refractivity contribution in [1.29, 1.82) is 0 Å². The number of rotatable bonds is 4. The van der Waals surface area contributed by atoms with Gasteiger partial charge in [-0.2, -0.15) is 0 Å². The molecule has 5 heteroatoms. The monoisotopic (exact) mass is 214 g/mol. The van der Waals surface area contributed by atoms with Crippen molar-refractivity contribution < 1.29 is 14.7 Å². The summed E-state index contributed by atoms with van der Waals surface area (Å²) in [4.78, 5) is 25.5. The average Bonchev–Trinajstić information content (AvgIpc) is 2.41. The summed E-state index contributed by atoms with van der Waals surface area (Å²) in [6.07, 6.45) is 0.837. The van der Waals surface area contributed by atoms with E-state index in [9.17, 15) is 9.59 Å². The Balaban J connectivity index is 2.64. The van der Waals surface area contributed by atoms with E-state index in [-0.39, 0.29) is 12.6 Å². The summed E-state index contributed by atoms with van der Waals surface area (Å²) in [5.74, 6) is -0.449. The number of carbonyl (C=O) groups excluding carboxylic acids is 1. The molecule has 86 valence electrons. The minimum Gasteiger partial charge on any atom is -0.480 e. The molecule has 0 radical (unpaired) electrons. The van der Waals surface area contributed by atoms with Crippen molar-refractivity contribution in [2.45, 2.75) is 26.3 Å². The summed E-state index contributed by atoms with van der Waals surface area (Å²) >= 11 is 0.